The SMILES string of the molecule is O=C(Cn1cnc(-c2cccs2)cc1=O)Nc1cnc2ccccc2c1. The Labute approximate surface area is 152 Å². The van der Waals surface area contributed by atoms with Crippen LogP contribution in [0.4, 0.5) is 5.69 Å². The van der Waals surface area contributed by atoms with Gasteiger partial charge in [0, 0.05) is 11.5 Å². The second kappa shape index (κ2) is 6.89. The average molecular weight is 362 g/mol. The Kier molecular flexibility index (Phi) is 4.28. The maximum atomic E-state index is 12.3. The van der Waals surface area contributed by atoms with Crippen molar-refractivity contribution in [2.75, 3.05) is 5.32 Å². The van der Waals surface area contributed by atoms with E-state index in [4.69, 9.17) is 0 Å². The van der Waals surface area contributed by atoms with E-state index in [0.717, 1.165) is 15.8 Å². The van der Waals surface area contributed by atoms with Crippen LogP contribution in [-0.4, -0.2) is 20.4 Å². The lowest BCUT2D eigenvalue weighted by molar-refractivity contribution is -0.116. The fraction of sp³-hybridized carbons (Fsp3) is 0.0526. The van der Waals surface area contributed by atoms with Crippen molar-refractivity contribution in [3.8, 4) is 10.6 Å². The van der Waals surface area contributed by atoms with Gasteiger partial charge in [-0.1, -0.05) is 24.3 Å². The molecule has 0 radical (unpaired) electrons. The number of hydrogen-bond acceptors (Lipinski definition) is 5. The van der Waals surface area contributed by atoms with Crippen LogP contribution in [0, 0.1) is 0 Å². The van der Waals surface area contributed by atoms with Gasteiger partial charge in [-0.25, -0.2) is 4.98 Å². The first-order valence-electron chi connectivity index (χ1n) is 7.94. The molecule has 3 heterocycles. The Balaban J connectivity index is 1.49. The largest absolute Gasteiger partial charge is 0.323 e. The maximum Gasteiger partial charge on any atom is 0.254 e. The fourth-order valence-electron chi connectivity index (χ4n) is 2.60. The van der Waals surface area contributed by atoms with Crippen molar-refractivity contribution in [2.24, 2.45) is 0 Å². The van der Waals surface area contributed by atoms with Crippen molar-refractivity contribution in [1.29, 1.82) is 0 Å². The molecule has 0 bridgehead atoms. The highest BCUT2D eigenvalue weighted by Crippen LogP contribution is 2.20. The van der Waals surface area contributed by atoms with Crippen molar-refractivity contribution in [3.05, 3.63) is 76.8 Å². The summed E-state index contributed by atoms with van der Waals surface area (Å²) in [5.74, 6) is -0.310. The lowest BCUT2D eigenvalue weighted by Crippen LogP contribution is -2.27. The third kappa shape index (κ3) is 3.38. The lowest BCUT2D eigenvalue weighted by atomic mass is 10.2. The molecular formula is C19H14N4O2S. The molecule has 1 aromatic carbocycles. The normalized spacial score (nSPS) is 10.8. The minimum Gasteiger partial charge on any atom is -0.323 e. The molecule has 1 amide bonds. The zero-order chi connectivity index (χ0) is 17.9. The molecule has 0 aliphatic rings. The van der Waals surface area contributed by atoms with E-state index >= 15 is 0 Å². The predicted octanol–water partition coefficient (Wildman–Crippen LogP) is 3.16. The summed E-state index contributed by atoms with van der Waals surface area (Å²) in [5, 5.41) is 5.62. The molecule has 3 aromatic heterocycles. The number of thiophene rings is 1. The van der Waals surface area contributed by atoms with Gasteiger partial charge in [-0.2, -0.15) is 0 Å². The Morgan fingerprint density at radius 1 is 1.12 bits per heavy atom. The Bertz CT molecular complexity index is 1140. The summed E-state index contributed by atoms with van der Waals surface area (Å²) in [7, 11) is 0. The first-order chi connectivity index (χ1) is 12.7. The van der Waals surface area contributed by atoms with Gasteiger partial charge < -0.3 is 5.32 Å². The van der Waals surface area contributed by atoms with Crippen molar-refractivity contribution in [3.63, 3.8) is 0 Å². The summed E-state index contributed by atoms with van der Waals surface area (Å²) in [6, 6.07) is 14.7. The lowest BCUT2D eigenvalue weighted by Gasteiger charge is -2.08. The Hall–Kier alpha value is -3.32. The zero-order valence-corrected chi connectivity index (χ0v) is 14.4. The number of amides is 1. The molecule has 4 aromatic rings. The number of carbonyl (C=O) groups is 1. The summed E-state index contributed by atoms with van der Waals surface area (Å²) in [6.07, 6.45) is 3.00. The van der Waals surface area contributed by atoms with Gasteiger partial charge in [-0.05, 0) is 23.6 Å². The number of para-hydroxylation sites is 1. The summed E-state index contributed by atoms with van der Waals surface area (Å²) >= 11 is 1.51. The van der Waals surface area contributed by atoms with Crippen LogP contribution in [0.1, 0.15) is 0 Å². The highest BCUT2D eigenvalue weighted by atomic mass is 32.1. The first-order valence-corrected chi connectivity index (χ1v) is 8.82. The number of nitrogens with one attached hydrogen (secondary N) is 1. The fourth-order valence-corrected chi connectivity index (χ4v) is 3.29. The van der Waals surface area contributed by atoms with E-state index < -0.39 is 0 Å². The summed E-state index contributed by atoms with van der Waals surface area (Å²) in [5.41, 5.74) is 1.79. The third-order valence-electron chi connectivity index (χ3n) is 3.84. The topological polar surface area (TPSA) is 76.9 Å². The van der Waals surface area contributed by atoms with Crippen LogP contribution in [0.25, 0.3) is 21.5 Å². The molecule has 4 rings (SSSR count). The molecule has 128 valence electrons. The third-order valence-corrected chi connectivity index (χ3v) is 4.73. The number of benzene rings is 1. The van der Waals surface area contributed by atoms with Crippen LogP contribution in [0.5, 0.6) is 0 Å². The van der Waals surface area contributed by atoms with E-state index in [0.29, 0.717) is 11.4 Å². The van der Waals surface area contributed by atoms with E-state index in [-0.39, 0.29) is 18.0 Å². The number of hydrogen-bond donors (Lipinski definition) is 1. The predicted molar refractivity (Wildman–Crippen MR) is 102 cm³/mol. The minimum absolute atomic E-state index is 0.108. The molecule has 0 aliphatic heterocycles. The number of fused-ring (bicyclic) bond motifs is 1. The van der Waals surface area contributed by atoms with E-state index in [1.165, 1.54) is 28.3 Å². The van der Waals surface area contributed by atoms with Gasteiger partial charge in [0.15, 0.2) is 0 Å². The molecule has 0 spiro atoms. The summed E-state index contributed by atoms with van der Waals surface area (Å²) < 4.78 is 1.28. The molecule has 0 fully saturated rings. The average Bonchev–Trinajstić information content (AvgIpc) is 3.18. The summed E-state index contributed by atoms with van der Waals surface area (Å²) in [4.78, 5) is 34.0. The Morgan fingerprint density at radius 2 is 2.00 bits per heavy atom. The molecule has 6 nitrogen and oxygen atoms in total. The number of pyridine rings is 1. The van der Waals surface area contributed by atoms with Gasteiger partial charge in [0.05, 0.1) is 34.3 Å². The van der Waals surface area contributed by atoms with Crippen LogP contribution in [-0.2, 0) is 11.3 Å². The van der Waals surface area contributed by atoms with Gasteiger partial charge >= 0.3 is 0 Å². The number of aromatic nitrogens is 3. The molecule has 26 heavy (non-hydrogen) atoms. The zero-order valence-electron chi connectivity index (χ0n) is 13.6. The molecule has 1 N–H and O–H groups in total. The van der Waals surface area contributed by atoms with Gasteiger partial charge in [0.2, 0.25) is 5.91 Å². The van der Waals surface area contributed by atoms with Crippen molar-refractivity contribution >= 4 is 33.8 Å². The molecule has 0 unspecified atom stereocenters. The smallest absolute Gasteiger partial charge is 0.254 e. The quantitative estimate of drug-likeness (QED) is 0.605. The molecule has 0 saturated heterocycles. The van der Waals surface area contributed by atoms with Crippen LogP contribution in [0.15, 0.2) is 71.2 Å². The van der Waals surface area contributed by atoms with E-state index in [1.54, 1.807) is 6.20 Å². The van der Waals surface area contributed by atoms with Crippen LogP contribution < -0.4 is 10.9 Å². The van der Waals surface area contributed by atoms with E-state index in [9.17, 15) is 9.59 Å². The maximum absolute atomic E-state index is 12.3. The van der Waals surface area contributed by atoms with Gasteiger partial charge in [0.25, 0.3) is 5.56 Å². The Morgan fingerprint density at radius 3 is 2.81 bits per heavy atom. The number of anilines is 1. The molecule has 0 atom stereocenters. The van der Waals surface area contributed by atoms with E-state index in [1.807, 2.05) is 47.8 Å². The van der Waals surface area contributed by atoms with Crippen molar-refractivity contribution in [2.45, 2.75) is 6.54 Å². The molecule has 7 heteroatoms. The van der Waals surface area contributed by atoms with Crippen LogP contribution >= 0.6 is 11.3 Å². The molecule has 0 saturated carbocycles. The second-order valence-electron chi connectivity index (χ2n) is 5.68. The van der Waals surface area contributed by atoms with Crippen molar-refractivity contribution in [1.82, 2.24) is 14.5 Å². The minimum atomic E-state index is -0.310. The number of carbonyl (C=O) groups excluding carboxylic acids is 1. The highest BCUT2D eigenvalue weighted by molar-refractivity contribution is 7.13. The summed E-state index contributed by atoms with van der Waals surface area (Å²) in [6.45, 7) is -0.108. The van der Waals surface area contributed by atoms with Gasteiger partial charge in [-0.15, -0.1) is 11.3 Å². The monoisotopic (exact) mass is 362 g/mol. The van der Waals surface area contributed by atoms with E-state index in [2.05, 4.69) is 15.3 Å². The number of nitrogens with zero attached hydrogens (tertiary/aromatic N) is 3. The van der Waals surface area contributed by atoms with Crippen LogP contribution in [0.2, 0.25) is 0 Å². The first kappa shape index (κ1) is 16.2. The van der Waals surface area contributed by atoms with Gasteiger partial charge in [-0.3, -0.25) is 19.1 Å². The van der Waals surface area contributed by atoms with Crippen LogP contribution in [0.3, 0.4) is 0 Å². The number of rotatable bonds is 4. The van der Waals surface area contributed by atoms with Gasteiger partial charge in [0.1, 0.15) is 6.54 Å². The molecule has 0 aliphatic carbocycles. The second-order valence-corrected chi connectivity index (χ2v) is 6.63. The molecular weight excluding hydrogens is 348 g/mol. The standard InChI is InChI=1S/C19H14N4O2S/c24-18(22-14-8-13-4-1-2-5-15(13)20-10-14)11-23-12-21-16(9-19(23)25)17-6-3-7-26-17/h1-10,12H,11H2,(H,22,24). The van der Waals surface area contributed by atoms with Crippen molar-refractivity contribution < 1.29 is 4.79 Å². The highest BCUT2D eigenvalue weighted by Gasteiger charge is 2.08.